The summed E-state index contributed by atoms with van der Waals surface area (Å²) in [7, 11) is 1.85. The Labute approximate surface area is 189 Å². The monoisotopic (exact) mass is 443 g/mol. The average molecular weight is 444 g/mol. The minimum atomic E-state index is -0.230. The van der Waals surface area contributed by atoms with Crippen molar-refractivity contribution in [1.82, 2.24) is 24.3 Å². The molecule has 0 spiro atoms. The van der Waals surface area contributed by atoms with Gasteiger partial charge in [-0.3, -0.25) is 14.3 Å². The quantitative estimate of drug-likeness (QED) is 0.454. The number of hydrogen-bond donors (Lipinski definition) is 1. The van der Waals surface area contributed by atoms with Crippen LogP contribution in [-0.2, 0) is 11.8 Å². The largest absolute Gasteiger partial charge is 0.310 e. The van der Waals surface area contributed by atoms with Crippen molar-refractivity contribution in [2.24, 2.45) is 7.05 Å². The number of anilines is 1. The van der Waals surface area contributed by atoms with Gasteiger partial charge in [0.1, 0.15) is 11.9 Å². The Balaban J connectivity index is 1.54. The van der Waals surface area contributed by atoms with Gasteiger partial charge in [0.15, 0.2) is 11.0 Å². The van der Waals surface area contributed by atoms with Crippen LogP contribution < -0.4 is 5.32 Å². The summed E-state index contributed by atoms with van der Waals surface area (Å²) in [5.41, 5.74) is 3.94. The van der Waals surface area contributed by atoms with Crippen LogP contribution in [0.1, 0.15) is 16.8 Å². The smallest absolute Gasteiger partial charge is 0.236 e. The van der Waals surface area contributed by atoms with Gasteiger partial charge in [0.25, 0.3) is 0 Å². The zero-order valence-corrected chi connectivity index (χ0v) is 18.7. The predicted molar refractivity (Wildman–Crippen MR) is 124 cm³/mol. The number of nitrogens with zero attached hydrogens (tertiary/aromatic N) is 6. The van der Waals surface area contributed by atoms with Crippen LogP contribution in [0, 0.1) is 25.2 Å². The van der Waals surface area contributed by atoms with Gasteiger partial charge in [-0.25, -0.2) is 0 Å². The number of hydrogen-bond acceptors (Lipinski definition) is 6. The number of benzene rings is 1. The fourth-order valence-corrected chi connectivity index (χ4v) is 4.16. The second-order valence-electron chi connectivity index (χ2n) is 7.16. The number of amides is 1. The summed E-state index contributed by atoms with van der Waals surface area (Å²) in [6, 6.07) is 15.6. The van der Waals surface area contributed by atoms with Gasteiger partial charge in [-0.15, -0.1) is 10.2 Å². The van der Waals surface area contributed by atoms with E-state index in [0.29, 0.717) is 22.4 Å². The van der Waals surface area contributed by atoms with Gasteiger partial charge in [-0.2, -0.15) is 5.26 Å². The fourth-order valence-electron chi connectivity index (χ4n) is 3.45. The first kappa shape index (κ1) is 21.3. The van der Waals surface area contributed by atoms with Crippen LogP contribution in [0.2, 0.25) is 0 Å². The lowest BCUT2D eigenvalue weighted by Crippen LogP contribution is -2.18. The Morgan fingerprint density at radius 3 is 2.62 bits per heavy atom. The van der Waals surface area contributed by atoms with Gasteiger partial charge in [0.2, 0.25) is 5.91 Å². The summed E-state index contributed by atoms with van der Waals surface area (Å²) in [6.45, 7) is 3.82. The lowest BCUT2D eigenvalue weighted by molar-refractivity contribution is -0.113. The van der Waals surface area contributed by atoms with Crippen LogP contribution in [-0.4, -0.2) is 36.0 Å². The third-order valence-electron chi connectivity index (χ3n) is 5.18. The van der Waals surface area contributed by atoms with E-state index in [9.17, 15) is 10.1 Å². The van der Waals surface area contributed by atoms with Crippen molar-refractivity contribution in [3.63, 3.8) is 0 Å². The van der Waals surface area contributed by atoms with Crippen LogP contribution in [0.5, 0.6) is 0 Å². The number of para-hydroxylation sites is 1. The third kappa shape index (κ3) is 4.00. The molecule has 0 unspecified atom stereocenters. The minimum absolute atomic E-state index is 0.127. The molecule has 0 saturated carbocycles. The number of nitrogens with one attached hydrogen (secondary N) is 1. The molecule has 0 bridgehead atoms. The summed E-state index contributed by atoms with van der Waals surface area (Å²) < 4.78 is 3.73. The van der Waals surface area contributed by atoms with Crippen LogP contribution >= 0.6 is 11.8 Å². The molecule has 9 heteroatoms. The van der Waals surface area contributed by atoms with Gasteiger partial charge in [0, 0.05) is 36.4 Å². The van der Waals surface area contributed by atoms with Crippen LogP contribution in [0.25, 0.3) is 17.1 Å². The van der Waals surface area contributed by atoms with E-state index < -0.39 is 0 Å². The Kier molecular flexibility index (Phi) is 6.05. The molecule has 32 heavy (non-hydrogen) atoms. The molecule has 3 aromatic heterocycles. The molecule has 1 aromatic carbocycles. The molecule has 0 aliphatic rings. The standard InChI is InChI=1S/C23H21N7OS/c1-15-16(2)30(18-9-5-4-6-10-18)22(19(15)12-24)26-20(31)14-32-23-28-27-21(29(23)3)17-8-7-11-25-13-17/h4-11,13H,14H2,1-3H3,(H,26,31). The summed E-state index contributed by atoms with van der Waals surface area (Å²) in [5, 5.41) is 21.7. The molecular formula is C23H21N7OS. The van der Waals surface area contributed by atoms with E-state index >= 15 is 0 Å². The molecule has 0 radical (unpaired) electrons. The first-order valence-corrected chi connectivity index (χ1v) is 10.9. The summed E-state index contributed by atoms with van der Waals surface area (Å²) in [4.78, 5) is 16.9. The highest BCUT2D eigenvalue weighted by Crippen LogP contribution is 2.30. The Hall–Kier alpha value is -3.90. The summed E-state index contributed by atoms with van der Waals surface area (Å²) in [6.07, 6.45) is 3.42. The Bertz CT molecular complexity index is 1300. The highest BCUT2D eigenvalue weighted by molar-refractivity contribution is 7.99. The molecule has 1 N–H and O–H groups in total. The molecule has 0 saturated heterocycles. The predicted octanol–water partition coefficient (Wildman–Crippen LogP) is 3.89. The molecule has 4 rings (SSSR count). The number of nitriles is 1. The molecule has 0 atom stereocenters. The van der Waals surface area contributed by atoms with Crippen LogP contribution in [0.15, 0.2) is 60.0 Å². The molecule has 0 fully saturated rings. The van der Waals surface area contributed by atoms with E-state index in [1.807, 2.05) is 72.5 Å². The van der Waals surface area contributed by atoms with Crippen LogP contribution in [0.4, 0.5) is 5.82 Å². The van der Waals surface area contributed by atoms with Crippen molar-refractivity contribution < 1.29 is 4.79 Å². The number of thioether (sulfide) groups is 1. The van der Waals surface area contributed by atoms with Gasteiger partial charge < -0.3 is 9.88 Å². The lowest BCUT2D eigenvalue weighted by atomic mass is 10.2. The van der Waals surface area contributed by atoms with Crippen LogP contribution in [0.3, 0.4) is 0 Å². The van der Waals surface area contributed by atoms with E-state index in [1.165, 1.54) is 11.8 Å². The first-order chi connectivity index (χ1) is 15.5. The van der Waals surface area contributed by atoms with E-state index in [4.69, 9.17) is 0 Å². The Morgan fingerprint density at radius 2 is 1.94 bits per heavy atom. The van der Waals surface area contributed by atoms with Crippen molar-refractivity contribution in [1.29, 1.82) is 5.26 Å². The highest BCUT2D eigenvalue weighted by Gasteiger charge is 2.21. The average Bonchev–Trinajstić information content (AvgIpc) is 3.30. The van der Waals surface area contributed by atoms with E-state index in [1.54, 1.807) is 12.4 Å². The van der Waals surface area contributed by atoms with Crippen molar-refractivity contribution in [3.05, 3.63) is 71.7 Å². The number of rotatable bonds is 6. The molecule has 4 aromatic rings. The zero-order chi connectivity index (χ0) is 22.7. The van der Waals surface area contributed by atoms with E-state index in [2.05, 4.69) is 26.6 Å². The SMILES string of the molecule is Cc1c(C#N)c(NC(=O)CSc2nnc(-c3cccnc3)n2C)n(-c2ccccc2)c1C. The minimum Gasteiger partial charge on any atom is -0.310 e. The van der Waals surface area contributed by atoms with Crippen molar-refractivity contribution in [2.75, 3.05) is 11.1 Å². The molecule has 0 aliphatic heterocycles. The van der Waals surface area contributed by atoms with Gasteiger partial charge in [0.05, 0.1) is 11.3 Å². The van der Waals surface area contributed by atoms with Crippen molar-refractivity contribution in [2.45, 2.75) is 19.0 Å². The molecule has 3 heterocycles. The summed E-state index contributed by atoms with van der Waals surface area (Å²) >= 11 is 1.28. The van der Waals surface area contributed by atoms with Gasteiger partial charge >= 0.3 is 0 Å². The molecule has 160 valence electrons. The first-order valence-electron chi connectivity index (χ1n) is 9.91. The van der Waals surface area contributed by atoms with Gasteiger partial charge in [-0.1, -0.05) is 30.0 Å². The second-order valence-corrected chi connectivity index (χ2v) is 8.10. The molecule has 0 aliphatic carbocycles. The van der Waals surface area contributed by atoms with E-state index in [0.717, 1.165) is 22.5 Å². The number of carbonyl (C=O) groups excluding carboxylic acids is 1. The zero-order valence-electron chi connectivity index (χ0n) is 17.9. The fraction of sp³-hybridized carbons (Fsp3) is 0.174. The highest BCUT2D eigenvalue weighted by atomic mass is 32.2. The van der Waals surface area contributed by atoms with Crippen molar-refractivity contribution >= 4 is 23.5 Å². The number of aromatic nitrogens is 5. The maximum Gasteiger partial charge on any atom is 0.236 e. The molecular weight excluding hydrogens is 422 g/mol. The Morgan fingerprint density at radius 1 is 1.16 bits per heavy atom. The normalized spacial score (nSPS) is 10.7. The lowest BCUT2D eigenvalue weighted by Gasteiger charge is -2.13. The number of carbonyl (C=O) groups is 1. The van der Waals surface area contributed by atoms with Crippen molar-refractivity contribution in [3.8, 4) is 23.1 Å². The molecule has 8 nitrogen and oxygen atoms in total. The summed E-state index contributed by atoms with van der Waals surface area (Å²) in [5.74, 6) is 1.06. The third-order valence-corrected chi connectivity index (χ3v) is 6.20. The van der Waals surface area contributed by atoms with Gasteiger partial charge in [-0.05, 0) is 43.7 Å². The maximum absolute atomic E-state index is 12.8. The molecule has 1 amide bonds. The second kappa shape index (κ2) is 9.08. The maximum atomic E-state index is 12.8. The topological polar surface area (TPSA) is 101 Å². The van der Waals surface area contributed by atoms with E-state index in [-0.39, 0.29) is 11.7 Å². The number of pyridine rings is 1.